The van der Waals surface area contributed by atoms with Gasteiger partial charge in [-0.2, -0.15) is 0 Å². The molecule has 8 nitrogen and oxygen atoms in total. The summed E-state index contributed by atoms with van der Waals surface area (Å²) in [4.78, 5) is 4.27. The molecule has 0 bridgehead atoms. The minimum Gasteiger partial charge on any atom is -0.324 e. The van der Waals surface area contributed by atoms with Gasteiger partial charge in [0.1, 0.15) is 5.52 Å². The average Bonchev–Trinajstić information content (AvgIpc) is 3.13. The first-order chi connectivity index (χ1) is 13.8. The number of nitrogens with one attached hydrogen (secondary N) is 1. The summed E-state index contributed by atoms with van der Waals surface area (Å²) >= 11 is 6.15. The van der Waals surface area contributed by atoms with Crippen molar-refractivity contribution in [3.8, 4) is 5.69 Å². The van der Waals surface area contributed by atoms with Crippen LogP contribution in [0.25, 0.3) is 16.9 Å². The van der Waals surface area contributed by atoms with Crippen molar-refractivity contribution in [1.82, 2.24) is 20.0 Å². The van der Waals surface area contributed by atoms with Gasteiger partial charge in [0.2, 0.25) is 5.65 Å². The van der Waals surface area contributed by atoms with E-state index in [1.54, 1.807) is 48.7 Å². The van der Waals surface area contributed by atoms with E-state index in [0.29, 0.717) is 27.6 Å². The number of nitrogens with two attached hydrogens (primary N) is 1. The monoisotopic (exact) mass is 428 g/mol. The predicted octanol–water partition coefficient (Wildman–Crippen LogP) is 3.29. The Morgan fingerprint density at radius 1 is 1.14 bits per heavy atom. The molecule has 2 aromatic carbocycles. The molecule has 1 unspecified atom stereocenters. The Balaban J connectivity index is 1.76. The number of anilines is 1. The number of pyridine rings is 1. The number of aromatic nitrogens is 4. The van der Waals surface area contributed by atoms with E-state index in [-0.39, 0.29) is 10.9 Å². The second-order valence-corrected chi connectivity index (χ2v) is 8.59. The summed E-state index contributed by atoms with van der Waals surface area (Å²) in [5.41, 5.74) is 8.48. The lowest BCUT2D eigenvalue weighted by Crippen LogP contribution is -2.15. The summed E-state index contributed by atoms with van der Waals surface area (Å²) in [7, 11) is -3.85. The zero-order chi connectivity index (χ0) is 20.6. The molecule has 0 spiro atoms. The zero-order valence-corrected chi connectivity index (χ0v) is 16.9. The fraction of sp³-hybridized carbons (Fsp3) is 0.105. The number of fused-ring (bicyclic) bond motifs is 1. The minimum absolute atomic E-state index is 0.118. The quantitative estimate of drug-likeness (QED) is 0.503. The highest BCUT2D eigenvalue weighted by Gasteiger charge is 2.19. The highest BCUT2D eigenvalue weighted by molar-refractivity contribution is 7.92. The van der Waals surface area contributed by atoms with Crippen LogP contribution >= 0.6 is 11.6 Å². The van der Waals surface area contributed by atoms with Crippen LogP contribution < -0.4 is 10.5 Å². The van der Waals surface area contributed by atoms with Gasteiger partial charge in [0.05, 0.1) is 16.3 Å². The van der Waals surface area contributed by atoms with Gasteiger partial charge < -0.3 is 5.73 Å². The SMILES string of the molecule is CC(N)c1ccc(S(=O)(=O)Nc2ccc(Cl)cc2-n2nnc3ncccc32)cc1. The molecule has 2 aromatic heterocycles. The maximum absolute atomic E-state index is 12.9. The topological polar surface area (TPSA) is 116 Å². The third-order valence-electron chi connectivity index (χ3n) is 4.37. The number of hydrogen-bond donors (Lipinski definition) is 2. The average molecular weight is 429 g/mol. The molecule has 3 N–H and O–H groups in total. The Labute approximate surface area is 172 Å². The molecule has 1 atom stereocenters. The first-order valence-electron chi connectivity index (χ1n) is 8.70. The van der Waals surface area contributed by atoms with Crippen LogP contribution in [-0.2, 0) is 10.0 Å². The lowest BCUT2D eigenvalue weighted by Gasteiger charge is -2.14. The number of nitrogens with zero attached hydrogens (tertiary/aromatic N) is 4. The van der Waals surface area contributed by atoms with E-state index in [0.717, 1.165) is 5.56 Å². The minimum atomic E-state index is -3.85. The van der Waals surface area contributed by atoms with Gasteiger partial charge >= 0.3 is 0 Å². The number of benzene rings is 2. The summed E-state index contributed by atoms with van der Waals surface area (Å²) < 4.78 is 29.9. The molecule has 10 heteroatoms. The van der Waals surface area contributed by atoms with Crippen molar-refractivity contribution in [1.29, 1.82) is 0 Å². The van der Waals surface area contributed by atoms with Gasteiger partial charge in [0, 0.05) is 17.3 Å². The van der Waals surface area contributed by atoms with Crippen LogP contribution in [0.5, 0.6) is 0 Å². The van der Waals surface area contributed by atoms with Crippen molar-refractivity contribution < 1.29 is 8.42 Å². The standard InChI is InChI=1S/C19H17ClN6O2S/c1-12(21)13-4-7-15(8-5-13)29(27,28)24-16-9-6-14(20)11-18(16)26-17-3-2-10-22-19(17)23-25-26/h2-12,24H,21H2,1H3. The molecule has 0 saturated carbocycles. The fourth-order valence-corrected chi connectivity index (χ4v) is 4.11. The van der Waals surface area contributed by atoms with Gasteiger partial charge in [-0.3, -0.25) is 4.72 Å². The van der Waals surface area contributed by atoms with Gasteiger partial charge in [0.25, 0.3) is 10.0 Å². The first kappa shape index (κ1) is 19.3. The molecule has 0 aliphatic rings. The van der Waals surface area contributed by atoms with Gasteiger partial charge in [-0.1, -0.05) is 28.9 Å². The Kier molecular flexibility index (Phi) is 4.95. The maximum Gasteiger partial charge on any atom is 0.261 e. The smallest absolute Gasteiger partial charge is 0.261 e. The van der Waals surface area contributed by atoms with Crippen LogP contribution in [0.1, 0.15) is 18.5 Å². The van der Waals surface area contributed by atoms with Crippen LogP contribution in [0, 0.1) is 0 Å². The fourth-order valence-electron chi connectivity index (χ4n) is 2.86. The van der Waals surface area contributed by atoms with Crippen LogP contribution in [-0.4, -0.2) is 28.4 Å². The molecule has 0 radical (unpaired) electrons. The molecule has 0 amide bonds. The first-order valence-corrected chi connectivity index (χ1v) is 10.6. The van der Waals surface area contributed by atoms with E-state index in [4.69, 9.17) is 17.3 Å². The largest absolute Gasteiger partial charge is 0.324 e. The second kappa shape index (κ2) is 7.43. The number of rotatable bonds is 5. The molecule has 0 aliphatic heterocycles. The van der Waals surface area contributed by atoms with E-state index in [1.165, 1.54) is 16.8 Å². The van der Waals surface area contributed by atoms with Crippen molar-refractivity contribution in [3.05, 3.63) is 71.4 Å². The molecule has 29 heavy (non-hydrogen) atoms. The molecular weight excluding hydrogens is 412 g/mol. The summed E-state index contributed by atoms with van der Waals surface area (Å²) in [6.07, 6.45) is 1.61. The molecule has 2 heterocycles. The van der Waals surface area contributed by atoms with Crippen molar-refractivity contribution in [3.63, 3.8) is 0 Å². The Hall–Kier alpha value is -3.01. The molecule has 148 valence electrons. The highest BCUT2D eigenvalue weighted by atomic mass is 35.5. The maximum atomic E-state index is 12.9. The summed E-state index contributed by atoms with van der Waals surface area (Å²) in [6, 6.07) is 14.6. The van der Waals surface area contributed by atoms with E-state index in [9.17, 15) is 8.42 Å². The molecular formula is C19H17ClN6O2S. The van der Waals surface area contributed by atoms with Crippen LogP contribution in [0.2, 0.25) is 5.02 Å². The summed E-state index contributed by atoms with van der Waals surface area (Å²) in [5.74, 6) is 0. The second-order valence-electron chi connectivity index (χ2n) is 6.47. The molecule has 4 rings (SSSR count). The van der Waals surface area contributed by atoms with Crippen LogP contribution in [0.15, 0.2) is 65.7 Å². The van der Waals surface area contributed by atoms with Gasteiger partial charge in [0.15, 0.2) is 0 Å². The molecule has 0 fully saturated rings. The highest BCUT2D eigenvalue weighted by Crippen LogP contribution is 2.28. The van der Waals surface area contributed by atoms with E-state index in [1.807, 2.05) is 6.92 Å². The van der Waals surface area contributed by atoms with Crippen molar-refractivity contribution >= 4 is 38.5 Å². The van der Waals surface area contributed by atoms with E-state index < -0.39 is 10.0 Å². The molecule has 0 saturated heterocycles. The number of halogens is 1. The van der Waals surface area contributed by atoms with E-state index >= 15 is 0 Å². The Morgan fingerprint density at radius 3 is 2.62 bits per heavy atom. The van der Waals surface area contributed by atoms with Crippen molar-refractivity contribution in [2.45, 2.75) is 17.9 Å². The summed E-state index contributed by atoms with van der Waals surface area (Å²) in [5, 5.41) is 8.54. The molecule has 4 aromatic rings. The lowest BCUT2D eigenvalue weighted by atomic mass is 10.1. The van der Waals surface area contributed by atoms with Gasteiger partial charge in [-0.05, 0) is 55.0 Å². The van der Waals surface area contributed by atoms with Crippen LogP contribution in [0.4, 0.5) is 5.69 Å². The number of sulfonamides is 1. The van der Waals surface area contributed by atoms with Crippen molar-refractivity contribution in [2.75, 3.05) is 4.72 Å². The predicted molar refractivity (Wildman–Crippen MR) is 112 cm³/mol. The van der Waals surface area contributed by atoms with Gasteiger partial charge in [-0.25, -0.2) is 18.1 Å². The Bertz CT molecular complexity index is 1290. The van der Waals surface area contributed by atoms with Gasteiger partial charge in [-0.15, -0.1) is 5.10 Å². The van der Waals surface area contributed by atoms with Crippen LogP contribution in [0.3, 0.4) is 0 Å². The zero-order valence-electron chi connectivity index (χ0n) is 15.3. The summed E-state index contributed by atoms with van der Waals surface area (Å²) in [6.45, 7) is 1.83. The lowest BCUT2D eigenvalue weighted by molar-refractivity contribution is 0.601. The third-order valence-corrected chi connectivity index (χ3v) is 5.99. The normalized spacial score (nSPS) is 12.8. The van der Waals surface area contributed by atoms with E-state index in [2.05, 4.69) is 20.0 Å². The molecule has 0 aliphatic carbocycles. The Morgan fingerprint density at radius 2 is 1.90 bits per heavy atom. The number of hydrogen-bond acceptors (Lipinski definition) is 6. The van der Waals surface area contributed by atoms with Crippen molar-refractivity contribution in [2.24, 2.45) is 5.73 Å². The third kappa shape index (κ3) is 3.80.